The molecule has 0 spiro atoms. The number of nitrogens with one attached hydrogen (secondary N) is 3. The molecule has 2 saturated carbocycles. The Labute approximate surface area is 227 Å². The molecule has 206 valence electrons. The molecule has 40 heavy (non-hydrogen) atoms. The molecule has 0 aliphatic heterocycles. The number of fused-ring (bicyclic) bond motifs is 1. The molecule has 0 atom stereocenters. The normalized spacial score (nSPS) is 16.0. The second kappa shape index (κ2) is 9.25. The van der Waals surface area contributed by atoms with Crippen LogP contribution in [0.2, 0.25) is 0 Å². The van der Waals surface area contributed by atoms with Crippen molar-refractivity contribution in [3.8, 4) is 11.1 Å². The lowest BCUT2D eigenvalue weighted by Crippen LogP contribution is -2.36. The first-order valence-electron chi connectivity index (χ1n) is 12.8. The Kier molecular flexibility index (Phi) is 5.93. The zero-order valence-electron chi connectivity index (χ0n) is 21.5. The summed E-state index contributed by atoms with van der Waals surface area (Å²) in [5.41, 5.74) is 7.93. The summed E-state index contributed by atoms with van der Waals surface area (Å²) in [6.45, 7) is 0. The van der Waals surface area contributed by atoms with Gasteiger partial charge in [0.1, 0.15) is 0 Å². The van der Waals surface area contributed by atoms with Crippen LogP contribution in [0.25, 0.3) is 22.2 Å². The van der Waals surface area contributed by atoms with Crippen molar-refractivity contribution in [1.82, 2.24) is 20.1 Å². The van der Waals surface area contributed by atoms with E-state index in [2.05, 4.69) is 21.0 Å². The van der Waals surface area contributed by atoms with Gasteiger partial charge in [0.15, 0.2) is 11.5 Å². The van der Waals surface area contributed by atoms with Gasteiger partial charge < -0.3 is 21.7 Å². The van der Waals surface area contributed by atoms with Crippen LogP contribution >= 0.6 is 0 Å². The molecule has 0 radical (unpaired) electrons. The largest absolute Gasteiger partial charge is 0.416 e. The Morgan fingerprint density at radius 3 is 2.38 bits per heavy atom. The first kappa shape index (κ1) is 25.7. The smallest absolute Gasteiger partial charge is 0.382 e. The molecule has 2 aliphatic rings. The Balaban J connectivity index is 1.26. The van der Waals surface area contributed by atoms with Crippen LogP contribution < -0.4 is 21.7 Å². The van der Waals surface area contributed by atoms with Gasteiger partial charge in [0, 0.05) is 24.5 Å². The predicted molar refractivity (Wildman–Crippen MR) is 145 cm³/mol. The molecule has 2 heterocycles. The number of nitrogen functional groups attached to an aromatic ring is 1. The number of alkyl halides is 3. The van der Waals surface area contributed by atoms with Gasteiger partial charge in [-0.15, -0.1) is 0 Å². The maximum absolute atomic E-state index is 13.1. The van der Waals surface area contributed by atoms with Crippen LogP contribution in [0.1, 0.15) is 36.9 Å². The number of aromatic nitrogens is 3. The molecular formula is C28H26F3N7O2. The minimum atomic E-state index is -4.51. The predicted octanol–water partition coefficient (Wildman–Crippen LogP) is 5.19. The van der Waals surface area contributed by atoms with Crippen molar-refractivity contribution >= 4 is 40.2 Å². The van der Waals surface area contributed by atoms with E-state index in [0.29, 0.717) is 41.1 Å². The summed E-state index contributed by atoms with van der Waals surface area (Å²) in [5.74, 6) is 0.302. The molecule has 6 rings (SSSR count). The van der Waals surface area contributed by atoms with E-state index in [0.717, 1.165) is 36.1 Å². The van der Waals surface area contributed by atoms with Crippen LogP contribution in [0, 0.1) is 0 Å². The number of benzene rings is 2. The Hall–Kier alpha value is -4.61. The number of nitrogens with two attached hydrogens (primary N) is 1. The standard InChI is InChI=1S/C28H26F3N7O2/c1-38-24-22(23(32)37-38)20(14-21(36-24)27(11-12-27)25(39)33-17-9-10-17)15-5-7-18(8-6-15)34-26(40)35-19-4-2-3-16(13-19)28(29,30)31/h2-8,13-14,17H,9-12H2,1H3,(H2,32,37)(H,33,39)(H2,34,35,40). The van der Waals surface area contributed by atoms with Gasteiger partial charge in [0.05, 0.1) is 22.1 Å². The SMILES string of the molecule is Cn1nc(N)c2c(-c3ccc(NC(=O)Nc4cccc(C(F)(F)F)c4)cc3)cc(C3(C(=O)NC4CC4)CC3)nc21. The fraction of sp³-hybridized carbons (Fsp3) is 0.286. The van der Waals surface area contributed by atoms with E-state index in [4.69, 9.17) is 10.7 Å². The highest BCUT2D eigenvalue weighted by atomic mass is 19.4. The number of anilines is 3. The minimum absolute atomic E-state index is 0.00530. The number of nitrogens with zero attached hydrogens (tertiary/aromatic N) is 3. The molecule has 3 amide bonds. The van der Waals surface area contributed by atoms with Gasteiger partial charge in [-0.25, -0.2) is 14.5 Å². The number of hydrogen-bond donors (Lipinski definition) is 4. The number of halogens is 3. The van der Waals surface area contributed by atoms with E-state index in [9.17, 15) is 22.8 Å². The molecule has 0 unspecified atom stereocenters. The molecule has 2 aliphatic carbocycles. The van der Waals surface area contributed by atoms with Crippen LogP contribution in [0.4, 0.5) is 35.2 Å². The number of rotatable bonds is 6. The molecule has 2 fully saturated rings. The van der Waals surface area contributed by atoms with Gasteiger partial charge in [-0.3, -0.25) is 4.79 Å². The highest BCUT2D eigenvalue weighted by molar-refractivity contribution is 6.03. The lowest BCUT2D eigenvalue weighted by molar-refractivity contribution is -0.137. The topological polar surface area (TPSA) is 127 Å². The van der Waals surface area contributed by atoms with Crippen molar-refractivity contribution in [3.05, 3.63) is 65.9 Å². The highest BCUT2D eigenvalue weighted by Crippen LogP contribution is 2.50. The molecule has 4 aromatic rings. The molecule has 2 aromatic heterocycles. The quantitative estimate of drug-likeness (QED) is 0.263. The third-order valence-electron chi connectivity index (χ3n) is 7.31. The Bertz CT molecular complexity index is 1640. The minimum Gasteiger partial charge on any atom is -0.382 e. The first-order valence-corrected chi connectivity index (χ1v) is 12.8. The van der Waals surface area contributed by atoms with E-state index >= 15 is 0 Å². The lowest BCUT2D eigenvalue weighted by atomic mass is 9.95. The van der Waals surface area contributed by atoms with Crippen molar-refractivity contribution in [1.29, 1.82) is 0 Å². The average Bonchev–Trinajstić information content (AvgIpc) is 3.83. The summed E-state index contributed by atoms with van der Waals surface area (Å²) in [7, 11) is 1.75. The summed E-state index contributed by atoms with van der Waals surface area (Å²) in [6.07, 6.45) is -1.10. The molecule has 0 bridgehead atoms. The van der Waals surface area contributed by atoms with Crippen molar-refractivity contribution in [2.45, 2.75) is 43.3 Å². The number of pyridine rings is 1. The second-order valence-electron chi connectivity index (χ2n) is 10.3. The summed E-state index contributed by atoms with van der Waals surface area (Å²) >= 11 is 0. The van der Waals surface area contributed by atoms with Crippen molar-refractivity contribution in [2.24, 2.45) is 7.05 Å². The highest BCUT2D eigenvalue weighted by Gasteiger charge is 2.54. The van der Waals surface area contributed by atoms with Gasteiger partial charge in [-0.1, -0.05) is 18.2 Å². The summed E-state index contributed by atoms with van der Waals surface area (Å²) in [6, 6.07) is 12.8. The number of carbonyl (C=O) groups excluding carboxylic acids is 2. The van der Waals surface area contributed by atoms with E-state index in [1.807, 2.05) is 6.07 Å². The molecule has 2 aromatic carbocycles. The number of aryl methyl sites for hydroxylation is 1. The van der Waals surface area contributed by atoms with Gasteiger partial charge in [0.2, 0.25) is 5.91 Å². The van der Waals surface area contributed by atoms with E-state index in [1.165, 1.54) is 12.1 Å². The number of hydrogen-bond acceptors (Lipinski definition) is 5. The van der Waals surface area contributed by atoms with Crippen LogP contribution in [-0.2, 0) is 23.4 Å². The van der Waals surface area contributed by atoms with Gasteiger partial charge in [-0.2, -0.15) is 18.3 Å². The first-order chi connectivity index (χ1) is 19.0. The van der Waals surface area contributed by atoms with Gasteiger partial charge in [0.25, 0.3) is 0 Å². The van der Waals surface area contributed by atoms with Crippen LogP contribution in [0.3, 0.4) is 0 Å². The monoisotopic (exact) mass is 549 g/mol. The zero-order valence-corrected chi connectivity index (χ0v) is 21.5. The Morgan fingerprint density at radius 1 is 1.02 bits per heavy atom. The van der Waals surface area contributed by atoms with Crippen LogP contribution in [0.5, 0.6) is 0 Å². The van der Waals surface area contributed by atoms with Crippen LogP contribution in [0.15, 0.2) is 54.6 Å². The molecule has 9 nitrogen and oxygen atoms in total. The molecule has 0 saturated heterocycles. The lowest BCUT2D eigenvalue weighted by Gasteiger charge is -2.17. The summed E-state index contributed by atoms with van der Waals surface area (Å²) in [5, 5.41) is 13.2. The van der Waals surface area contributed by atoms with E-state index < -0.39 is 23.2 Å². The van der Waals surface area contributed by atoms with Gasteiger partial charge >= 0.3 is 12.2 Å². The number of carbonyl (C=O) groups is 2. The molecular weight excluding hydrogens is 523 g/mol. The maximum atomic E-state index is 13.1. The molecule has 12 heteroatoms. The third kappa shape index (κ3) is 4.80. The number of urea groups is 1. The van der Waals surface area contributed by atoms with Gasteiger partial charge in [-0.05, 0) is 73.2 Å². The number of amides is 3. The average molecular weight is 550 g/mol. The fourth-order valence-corrected chi connectivity index (χ4v) is 4.83. The van der Waals surface area contributed by atoms with Crippen LogP contribution in [-0.4, -0.2) is 32.7 Å². The molecule has 5 N–H and O–H groups in total. The van der Waals surface area contributed by atoms with Crippen molar-refractivity contribution in [3.63, 3.8) is 0 Å². The van der Waals surface area contributed by atoms with E-state index in [-0.39, 0.29) is 17.6 Å². The van der Waals surface area contributed by atoms with Crippen molar-refractivity contribution < 1.29 is 22.8 Å². The summed E-state index contributed by atoms with van der Waals surface area (Å²) in [4.78, 5) is 30.4. The zero-order chi connectivity index (χ0) is 28.2. The van der Waals surface area contributed by atoms with E-state index in [1.54, 1.807) is 36.0 Å². The fourth-order valence-electron chi connectivity index (χ4n) is 4.83. The van der Waals surface area contributed by atoms with Crippen molar-refractivity contribution in [2.75, 3.05) is 16.4 Å². The summed E-state index contributed by atoms with van der Waals surface area (Å²) < 4.78 is 40.5. The Morgan fingerprint density at radius 2 is 1.73 bits per heavy atom. The second-order valence-corrected chi connectivity index (χ2v) is 10.3. The maximum Gasteiger partial charge on any atom is 0.416 e. The third-order valence-corrected chi connectivity index (χ3v) is 7.31.